The van der Waals surface area contributed by atoms with Gasteiger partial charge in [-0.2, -0.15) is 0 Å². The fraction of sp³-hybridized carbons (Fsp3) is 0. The van der Waals surface area contributed by atoms with E-state index in [0.29, 0.717) is 10.8 Å². The molecule has 1 amide bonds. The summed E-state index contributed by atoms with van der Waals surface area (Å²) in [4.78, 5) is 13.9. The first-order valence-electron chi connectivity index (χ1n) is 4.50. The number of azide groups is 1. The van der Waals surface area contributed by atoms with Crippen LogP contribution in [-0.4, -0.2) is 5.91 Å². The molecule has 0 saturated carbocycles. The standard InChI is InChI=1S/C11H6FN3O/c12-10-6-5-9(11(16)14-15-13)7-3-1-2-4-8(7)10/h1-6H. The Hall–Kier alpha value is -2.39. The van der Waals surface area contributed by atoms with Gasteiger partial charge in [-0.05, 0) is 28.2 Å². The SMILES string of the molecule is [N-]=[N+]=NC(=O)c1ccc(F)c2ccccc12. The van der Waals surface area contributed by atoms with Gasteiger partial charge in [-0.3, -0.25) is 4.79 Å². The maximum absolute atomic E-state index is 13.4. The van der Waals surface area contributed by atoms with E-state index in [0.717, 1.165) is 0 Å². The number of carbonyl (C=O) groups excluding carboxylic acids is 1. The largest absolute Gasteiger partial charge is 0.287 e. The summed E-state index contributed by atoms with van der Waals surface area (Å²) in [6.07, 6.45) is 0. The summed E-state index contributed by atoms with van der Waals surface area (Å²) >= 11 is 0. The van der Waals surface area contributed by atoms with Crippen LogP contribution >= 0.6 is 0 Å². The summed E-state index contributed by atoms with van der Waals surface area (Å²) < 4.78 is 13.4. The van der Waals surface area contributed by atoms with Crippen molar-refractivity contribution in [3.8, 4) is 0 Å². The number of halogens is 1. The first-order chi connectivity index (χ1) is 7.74. The fourth-order valence-corrected chi connectivity index (χ4v) is 1.54. The second-order valence-electron chi connectivity index (χ2n) is 3.14. The molecule has 0 fully saturated rings. The van der Waals surface area contributed by atoms with Crippen molar-refractivity contribution in [1.29, 1.82) is 0 Å². The van der Waals surface area contributed by atoms with Crippen molar-refractivity contribution in [2.45, 2.75) is 0 Å². The van der Waals surface area contributed by atoms with Crippen LogP contribution in [-0.2, 0) is 0 Å². The lowest BCUT2D eigenvalue weighted by atomic mass is 10.0. The molecule has 0 atom stereocenters. The van der Waals surface area contributed by atoms with Crippen molar-refractivity contribution in [3.63, 3.8) is 0 Å². The summed E-state index contributed by atoms with van der Waals surface area (Å²) in [5, 5.41) is 3.77. The molecule has 16 heavy (non-hydrogen) atoms. The Labute approximate surface area is 89.9 Å². The second-order valence-corrected chi connectivity index (χ2v) is 3.14. The molecule has 0 spiro atoms. The van der Waals surface area contributed by atoms with Crippen LogP contribution in [0.2, 0.25) is 0 Å². The molecule has 0 aliphatic rings. The second kappa shape index (κ2) is 4.00. The smallest absolute Gasteiger partial charge is 0.249 e. The van der Waals surface area contributed by atoms with Crippen molar-refractivity contribution in [3.05, 3.63) is 58.2 Å². The van der Waals surface area contributed by atoms with E-state index in [4.69, 9.17) is 5.53 Å². The molecule has 0 N–H and O–H groups in total. The first kappa shape index (κ1) is 10.1. The number of hydrogen-bond acceptors (Lipinski definition) is 1. The van der Waals surface area contributed by atoms with Gasteiger partial charge in [-0.1, -0.05) is 24.3 Å². The fourth-order valence-electron chi connectivity index (χ4n) is 1.54. The van der Waals surface area contributed by atoms with Crippen molar-refractivity contribution < 1.29 is 9.18 Å². The molecule has 2 aromatic carbocycles. The van der Waals surface area contributed by atoms with Crippen LogP contribution in [0, 0.1) is 5.82 Å². The number of benzene rings is 2. The van der Waals surface area contributed by atoms with Crippen LogP contribution in [0.15, 0.2) is 41.5 Å². The van der Waals surface area contributed by atoms with Gasteiger partial charge in [0, 0.05) is 15.9 Å². The molecule has 4 nitrogen and oxygen atoms in total. The van der Waals surface area contributed by atoms with E-state index in [1.54, 1.807) is 24.3 Å². The van der Waals surface area contributed by atoms with Gasteiger partial charge in [0.05, 0.1) is 0 Å². The molecule has 0 radical (unpaired) electrons. The predicted octanol–water partition coefficient (Wildman–Crippen LogP) is 3.43. The number of amides is 1. The molecule has 0 aliphatic heterocycles. The molecule has 0 aromatic heterocycles. The van der Waals surface area contributed by atoms with Gasteiger partial charge in [-0.25, -0.2) is 4.39 Å². The number of carbonyl (C=O) groups is 1. The minimum absolute atomic E-state index is 0.204. The Morgan fingerprint density at radius 3 is 2.56 bits per heavy atom. The molecule has 2 aromatic rings. The Morgan fingerprint density at radius 1 is 1.19 bits per heavy atom. The van der Waals surface area contributed by atoms with Crippen molar-refractivity contribution in [2.75, 3.05) is 0 Å². The van der Waals surface area contributed by atoms with Crippen LogP contribution < -0.4 is 0 Å². The Morgan fingerprint density at radius 2 is 1.88 bits per heavy atom. The van der Waals surface area contributed by atoms with Crippen molar-refractivity contribution >= 4 is 16.7 Å². The zero-order valence-electron chi connectivity index (χ0n) is 8.09. The molecule has 0 heterocycles. The maximum atomic E-state index is 13.4. The molecule has 0 saturated heterocycles. The van der Waals surface area contributed by atoms with Gasteiger partial charge in [0.2, 0.25) is 5.91 Å². The molecule has 0 bridgehead atoms. The summed E-state index contributed by atoms with van der Waals surface area (Å²) in [7, 11) is 0. The van der Waals surface area contributed by atoms with E-state index >= 15 is 0 Å². The number of rotatable bonds is 1. The highest BCUT2D eigenvalue weighted by atomic mass is 19.1. The monoisotopic (exact) mass is 215 g/mol. The Balaban J connectivity index is 2.77. The Kier molecular flexibility index (Phi) is 2.54. The van der Waals surface area contributed by atoms with E-state index < -0.39 is 11.7 Å². The van der Waals surface area contributed by atoms with E-state index in [2.05, 4.69) is 10.0 Å². The number of hydrogen-bond donors (Lipinski definition) is 0. The normalized spacial score (nSPS) is 9.81. The number of fused-ring (bicyclic) bond motifs is 1. The number of nitrogens with zero attached hydrogens (tertiary/aromatic N) is 3. The van der Waals surface area contributed by atoms with Crippen LogP contribution in [0.1, 0.15) is 10.4 Å². The highest BCUT2D eigenvalue weighted by Crippen LogP contribution is 2.22. The summed E-state index contributed by atoms with van der Waals surface area (Å²) in [5.74, 6) is -1.12. The van der Waals surface area contributed by atoms with Gasteiger partial charge in [0.1, 0.15) is 5.82 Å². The minimum atomic E-state index is -0.710. The zero-order chi connectivity index (χ0) is 11.5. The van der Waals surface area contributed by atoms with Crippen LogP contribution in [0.4, 0.5) is 4.39 Å². The third-order valence-electron chi connectivity index (χ3n) is 2.24. The van der Waals surface area contributed by atoms with Crippen LogP contribution in [0.5, 0.6) is 0 Å². The van der Waals surface area contributed by atoms with Crippen LogP contribution in [0.25, 0.3) is 21.2 Å². The molecule has 0 aliphatic carbocycles. The quantitative estimate of drug-likeness (QED) is 0.408. The average molecular weight is 215 g/mol. The predicted molar refractivity (Wildman–Crippen MR) is 57.4 cm³/mol. The lowest BCUT2D eigenvalue weighted by molar-refractivity contribution is 0.100. The van der Waals surface area contributed by atoms with Crippen molar-refractivity contribution in [2.24, 2.45) is 5.11 Å². The molecular weight excluding hydrogens is 209 g/mol. The molecular formula is C11H6FN3O. The topological polar surface area (TPSA) is 65.8 Å². The average Bonchev–Trinajstić information content (AvgIpc) is 2.30. The lowest BCUT2D eigenvalue weighted by Gasteiger charge is -2.03. The first-order valence-corrected chi connectivity index (χ1v) is 4.50. The summed E-state index contributed by atoms with van der Waals surface area (Å²) in [5.41, 5.74) is 8.39. The molecule has 0 unspecified atom stereocenters. The van der Waals surface area contributed by atoms with E-state index in [9.17, 15) is 9.18 Å². The van der Waals surface area contributed by atoms with Crippen molar-refractivity contribution in [1.82, 2.24) is 0 Å². The highest BCUT2D eigenvalue weighted by Gasteiger charge is 2.10. The molecule has 78 valence electrons. The summed E-state index contributed by atoms with van der Waals surface area (Å²) in [6, 6.07) is 9.04. The van der Waals surface area contributed by atoms with Gasteiger partial charge in [0.15, 0.2) is 0 Å². The third-order valence-corrected chi connectivity index (χ3v) is 2.24. The van der Waals surface area contributed by atoms with E-state index in [1.165, 1.54) is 12.1 Å². The van der Waals surface area contributed by atoms with E-state index in [1.807, 2.05) is 0 Å². The van der Waals surface area contributed by atoms with Crippen LogP contribution in [0.3, 0.4) is 0 Å². The minimum Gasteiger partial charge on any atom is -0.287 e. The van der Waals surface area contributed by atoms with Gasteiger partial charge in [0.25, 0.3) is 0 Å². The highest BCUT2D eigenvalue weighted by molar-refractivity contribution is 6.07. The maximum Gasteiger partial charge on any atom is 0.249 e. The lowest BCUT2D eigenvalue weighted by Crippen LogP contribution is -1.95. The van der Waals surface area contributed by atoms with E-state index in [-0.39, 0.29) is 5.56 Å². The molecule has 5 heteroatoms. The zero-order valence-corrected chi connectivity index (χ0v) is 8.09. The van der Waals surface area contributed by atoms with Gasteiger partial charge >= 0.3 is 0 Å². The third kappa shape index (κ3) is 1.60. The molecule has 2 rings (SSSR count). The summed E-state index contributed by atoms with van der Waals surface area (Å²) in [6.45, 7) is 0. The van der Waals surface area contributed by atoms with Gasteiger partial charge in [-0.15, -0.1) is 0 Å². The van der Waals surface area contributed by atoms with Gasteiger partial charge < -0.3 is 0 Å². The Bertz CT molecular complexity index is 618.